The molecule has 1 N–H and O–H groups in total. The Morgan fingerprint density at radius 2 is 2.05 bits per heavy atom. The molecule has 0 aliphatic carbocycles. The van der Waals surface area contributed by atoms with Gasteiger partial charge in [-0.25, -0.2) is 0 Å². The second kappa shape index (κ2) is 7.95. The Balaban J connectivity index is 0.00000176. The normalized spacial score (nSPS) is 28.0. The van der Waals surface area contributed by atoms with Crippen LogP contribution in [0, 0.1) is 5.92 Å². The first kappa shape index (κ1) is 17.3. The Morgan fingerprint density at radius 1 is 1.27 bits per heavy atom. The SMILES string of the molecule is CN(C(=O)C1CCCOC1c1ccccc1)C1CCNC1.Cl. The Labute approximate surface area is 138 Å². The van der Waals surface area contributed by atoms with Gasteiger partial charge in [-0.05, 0) is 31.4 Å². The summed E-state index contributed by atoms with van der Waals surface area (Å²) in [6, 6.07) is 10.5. The van der Waals surface area contributed by atoms with Crippen LogP contribution in [-0.2, 0) is 9.53 Å². The highest BCUT2D eigenvalue weighted by atomic mass is 35.5. The maximum Gasteiger partial charge on any atom is 0.228 e. The monoisotopic (exact) mass is 324 g/mol. The van der Waals surface area contributed by atoms with Crippen LogP contribution in [0.4, 0.5) is 0 Å². The van der Waals surface area contributed by atoms with Crippen LogP contribution in [0.15, 0.2) is 30.3 Å². The number of hydrogen-bond acceptors (Lipinski definition) is 3. The number of rotatable bonds is 3. The number of likely N-dealkylation sites (N-methyl/N-ethyl adjacent to an activating group) is 1. The van der Waals surface area contributed by atoms with Crippen molar-refractivity contribution in [2.75, 3.05) is 26.7 Å². The van der Waals surface area contributed by atoms with Crippen LogP contribution in [-0.4, -0.2) is 43.6 Å². The molecule has 3 rings (SSSR count). The van der Waals surface area contributed by atoms with E-state index in [0.717, 1.165) is 44.5 Å². The van der Waals surface area contributed by atoms with Gasteiger partial charge in [0.05, 0.1) is 12.0 Å². The van der Waals surface area contributed by atoms with Crippen molar-refractivity contribution < 1.29 is 9.53 Å². The molecule has 0 bridgehead atoms. The number of hydrogen-bond donors (Lipinski definition) is 1. The van der Waals surface area contributed by atoms with E-state index >= 15 is 0 Å². The largest absolute Gasteiger partial charge is 0.373 e. The van der Waals surface area contributed by atoms with Crippen molar-refractivity contribution in [3.8, 4) is 0 Å². The maximum atomic E-state index is 12.9. The number of ether oxygens (including phenoxy) is 1. The Hall–Kier alpha value is -1.10. The van der Waals surface area contributed by atoms with Crippen LogP contribution >= 0.6 is 12.4 Å². The van der Waals surface area contributed by atoms with Crippen LogP contribution in [0.25, 0.3) is 0 Å². The van der Waals surface area contributed by atoms with E-state index in [-0.39, 0.29) is 30.3 Å². The van der Waals surface area contributed by atoms with Gasteiger partial charge in [0.2, 0.25) is 5.91 Å². The summed E-state index contributed by atoms with van der Waals surface area (Å²) < 4.78 is 5.95. The summed E-state index contributed by atoms with van der Waals surface area (Å²) in [6.45, 7) is 2.66. The molecule has 0 saturated carbocycles. The number of amides is 1. The van der Waals surface area contributed by atoms with Gasteiger partial charge >= 0.3 is 0 Å². The Kier molecular flexibility index (Phi) is 6.24. The number of nitrogens with one attached hydrogen (secondary N) is 1. The number of benzene rings is 1. The van der Waals surface area contributed by atoms with Gasteiger partial charge in [-0.15, -0.1) is 12.4 Å². The first-order chi connectivity index (χ1) is 10.3. The molecule has 3 unspecified atom stereocenters. The topological polar surface area (TPSA) is 41.6 Å². The van der Waals surface area contributed by atoms with Crippen molar-refractivity contribution in [3.63, 3.8) is 0 Å². The van der Waals surface area contributed by atoms with Gasteiger partial charge in [0.1, 0.15) is 0 Å². The molecule has 2 heterocycles. The van der Waals surface area contributed by atoms with Crippen LogP contribution in [0.5, 0.6) is 0 Å². The lowest BCUT2D eigenvalue weighted by Gasteiger charge is -2.35. The summed E-state index contributed by atoms with van der Waals surface area (Å²) in [5.41, 5.74) is 1.12. The summed E-state index contributed by atoms with van der Waals surface area (Å²) in [5.74, 6) is 0.184. The van der Waals surface area contributed by atoms with Crippen LogP contribution in [0.3, 0.4) is 0 Å². The van der Waals surface area contributed by atoms with Gasteiger partial charge in [0.15, 0.2) is 0 Å². The highest BCUT2D eigenvalue weighted by Crippen LogP contribution is 2.35. The Morgan fingerprint density at radius 3 is 2.73 bits per heavy atom. The molecule has 2 fully saturated rings. The molecular weight excluding hydrogens is 300 g/mol. The molecule has 0 aromatic heterocycles. The van der Waals surface area contributed by atoms with Crippen LogP contribution < -0.4 is 5.32 Å². The van der Waals surface area contributed by atoms with E-state index in [1.807, 2.05) is 30.1 Å². The van der Waals surface area contributed by atoms with E-state index in [1.54, 1.807) is 0 Å². The molecule has 5 heteroatoms. The quantitative estimate of drug-likeness (QED) is 0.928. The molecule has 1 aromatic rings. The lowest BCUT2D eigenvalue weighted by molar-refractivity contribution is -0.146. The third-order valence-electron chi connectivity index (χ3n) is 4.70. The molecule has 4 nitrogen and oxygen atoms in total. The molecule has 22 heavy (non-hydrogen) atoms. The summed E-state index contributed by atoms with van der Waals surface area (Å²) in [6.07, 6.45) is 2.84. The minimum absolute atomic E-state index is 0. The molecule has 0 spiro atoms. The van der Waals surface area contributed by atoms with Gasteiger partial charge in [0.25, 0.3) is 0 Å². The van der Waals surface area contributed by atoms with Crippen molar-refractivity contribution in [2.24, 2.45) is 5.92 Å². The van der Waals surface area contributed by atoms with Gasteiger partial charge in [-0.1, -0.05) is 30.3 Å². The zero-order valence-corrected chi connectivity index (χ0v) is 13.8. The molecule has 2 saturated heterocycles. The fraction of sp³-hybridized carbons (Fsp3) is 0.588. The van der Waals surface area contributed by atoms with E-state index in [2.05, 4.69) is 17.4 Å². The van der Waals surface area contributed by atoms with Crippen molar-refractivity contribution in [1.82, 2.24) is 10.2 Å². The van der Waals surface area contributed by atoms with Crippen molar-refractivity contribution >= 4 is 18.3 Å². The highest BCUT2D eigenvalue weighted by Gasteiger charge is 2.36. The molecular formula is C17H25ClN2O2. The lowest BCUT2D eigenvalue weighted by Crippen LogP contribution is -2.44. The maximum absolute atomic E-state index is 12.9. The zero-order chi connectivity index (χ0) is 14.7. The summed E-state index contributed by atoms with van der Waals surface area (Å²) in [5, 5.41) is 3.33. The van der Waals surface area contributed by atoms with E-state index < -0.39 is 0 Å². The molecule has 2 aliphatic rings. The number of nitrogens with zero attached hydrogens (tertiary/aromatic N) is 1. The fourth-order valence-corrected chi connectivity index (χ4v) is 3.42. The number of carbonyl (C=O) groups excluding carboxylic acids is 1. The second-order valence-corrected chi connectivity index (χ2v) is 6.05. The standard InChI is InChI=1S/C17H24N2O2.ClH/c1-19(14-9-10-18-12-14)17(20)15-8-5-11-21-16(15)13-6-3-2-4-7-13;/h2-4,6-7,14-16,18H,5,8-12H2,1H3;1H. The predicted molar refractivity (Wildman–Crippen MR) is 89.2 cm³/mol. The smallest absolute Gasteiger partial charge is 0.228 e. The Bertz CT molecular complexity index is 477. The van der Waals surface area contributed by atoms with Crippen LogP contribution in [0.1, 0.15) is 30.9 Å². The summed E-state index contributed by atoms with van der Waals surface area (Å²) >= 11 is 0. The molecule has 3 atom stereocenters. The fourth-order valence-electron chi connectivity index (χ4n) is 3.42. The van der Waals surface area contributed by atoms with E-state index in [9.17, 15) is 4.79 Å². The van der Waals surface area contributed by atoms with Crippen molar-refractivity contribution in [2.45, 2.75) is 31.4 Å². The van der Waals surface area contributed by atoms with Gasteiger partial charge in [-0.3, -0.25) is 4.79 Å². The minimum atomic E-state index is -0.0933. The van der Waals surface area contributed by atoms with Crippen molar-refractivity contribution in [3.05, 3.63) is 35.9 Å². The predicted octanol–water partition coefficient (Wildman–Crippen LogP) is 2.40. The third kappa shape index (κ3) is 3.62. The zero-order valence-electron chi connectivity index (χ0n) is 13.0. The first-order valence-corrected chi connectivity index (χ1v) is 7.91. The lowest BCUT2D eigenvalue weighted by atomic mass is 9.88. The van der Waals surface area contributed by atoms with E-state index in [0.29, 0.717) is 6.04 Å². The average molecular weight is 325 g/mol. The van der Waals surface area contributed by atoms with Gasteiger partial charge in [0, 0.05) is 26.2 Å². The molecule has 1 amide bonds. The average Bonchev–Trinajstić information content (AvgIpc) is 3.09. The summed E-state index contributed by atoms with van der Waals surface area (Å²) in [4.78, 5) is 14.8. The molecule has 2 aliphatic heterocycles. The molecule has 0 radical (unpaired) electrons. The second-order valence-electron chi connectivity index (χ2n) is 6.05. The minimum Gasteiger partial charge on any atom is -0.373 e. The highest BCUT2D eigenvalue weighted by molar-refractivity contribution is 5.85. The third-order valence-corrected chi connectivity index (χ3v) is 4.70. The number of halogens is 1. The number of carbonyl (C=O) groups is 1. The van der Waals surface area contributed by atoms with Gasteiger partial charge < -0.3 is 15.0 Å². The van der Waals surface area contributed by atoms with E-state index in [4.69, 9.17) is 4.74 Å². The summed E-state index contributed by atoms with van der Waals surface area (Å²) in [7, 11) is 1.94. The molecule has 122 valence electrons. The molecule has 1 aromatic carbocycles. The van der Waals surface area contributed by atoms with E-state index in [1.165, 1.54) is 0 Å². The van der Waals surface area contributed by atoms with Crippen molar-refractivity contribution in [1.29, 1.82) is 0 Å². The van der Waals surface area contributed by atoms with Gasteiger partial charge in [-0.2, -0.15) is 0 Å². The first-order valence-electron chi connectivity index (χ1n) is 7.91. The van der Waals surface area contributed by atoms with Crippen LogP contribution in [0.2, 0.25) is 0 Å².